The topological polar surface area (TPSA) is 6.48 Å². The second-order valence-corrected chi connectivity index (χ2v) is 5.46. The number of hydrogen-bond acceptors (Lipinski definition) is 2. The van der Waals surface area contributed by atoms with Crippen LogP contribution in [0, 0.1) is 11.8 Å². The van der Waals surface area contributed by atoms with Crippen molar-refractivity contribution in [1.29, 1.82) is 0 Å². The van der Waals surface area contributed by atoms with Gasteiger partial charge in [0.15, 0.2) is 0 Å². The molecule has 0 aliphatic carbocycles. The quantitative estimate of drug-likeness (QED) is 0.683. The smallest absolute Gasteiger partial charge is 0.0246 e. The van der Waals surface area contributed by atoms with E-state index in [2.05, 4.69) is 44.5 Å². The number of hydrogen-bond donors (Lipinski definition) is 0. The van der Waals surface area contributed by atoms with Gasteiger partial charge in [-0.2, -0.15) is 0 Å². The van der Waals surface area contributed by atoms with Crippen LogP contribution in [-0.4, -0.2) is 49.1 Å². The van der Waals surface area contributed by atoms with Gasteiger partial charge in [-0.3, -0.25) is 4.90 Å². The van der Waals surface area contributed by atoms with Crippen molar-refractivity contribution in [1.82, 2.24) is 9.80 Å². The molecule has 0 N–H and O–H groups in total. The Kier molecular flexibility index (Phi) is 4.39. The zero-order valence-corrected chi connectivity index (χ0v) is 10.5. The fraction of sp³-hybridized carbons (Fsp3) is 1.00. The van der Waals surface area contributed by atoms with Gasteiger partial charge < -0.3 is 4.90 Å². The Morgan fingerprint density at radius 2 is 1.79 bits per heavy atom. The van der Waals surface area contributed by atoms with Crippen LogP contribution < -0.4 is 0 Å². The van der Waals surface area contributed by atoms with Gasteiger partial charge in [-0.1, -0.05) is 27.7 Å². The highest BCUT2D eigenvalue weighted by Crippen LogP contribution is 2.17. The minimum absolute atomic E-state index is 0.760. The average molecular weight is 198 g/mol. The summed E-state index contributed by atoms with van der Waals surface area (Å²) < 4.78 is 0. The third-order valence-electron chi connectivity index (χ3n) is 3.11. The van der Waals surface area contributed by atoms with Gasteiger partial charge in [-0.15, -0.1) is 0 Å². The molecule has 1 rings (SSSR count). The van der Waals surface area contributed by atoms with E-state index < -0.39 is 0 Å². The van der Waals surface area contributed by atoms with Crippen LogP contribution in [0.1, 0.15) is 27.7 Å². The van der Waals surface area contributed by atoms with Gasteiger partial charge in [0.25, 0.3) is 0 Å². The van der Waals surface area contributed by atoms with Crippen molar-refractivity contribution in [3.63, 3.8) is 0 Å². The van der Waals surface area contributed by atoms with Crippen LogP contribution in [0.2, 0.25) is 0 Å². The van der Waals surface area contributed by atoms with Crippen molar-refractivity contribution in [2.24, 2.45) is 11.8 Å². The number of nitrogens with zero attached hydrogens (tertiary/aromatic N) is 2. The van der Waals surface area contributed by atoms with Crippen LogP contribution in [0.4, 0.5) is 0 Å². The Balaban J connectivity index is 2.53. The van der Waals surface area contributed by atoms with Crippen LogP contribution in [0.15, 0.2) is 0 Å². The minimum atomic E-state index is 0.760. The van der Waals surface area contributed by atoms with E-state index in [1.54, 1.807) is 0 Å². The lowest BCUT2D eigenvalue weighted by atomic mass is 9.98. The molecule has 0 bridgehead atoms. The van der Waals surface area contributed by atoms with Gasteiger partial charge in [-0.05, 0) is 18.9 Å². The first-order valence-electron chi connectivity index (χ1n) is 5.93. The van der Waals surface area contributed by atoms with E-state index in [0.717, 1.165) is 17.9 Å². The molecule has 0 unspecified atom stereocenters. The first-order chi connectivity index (χ1) is 6.50. The highest BCUT2D eigenvalue weighted by molar-refractivity contribution is 4.83. The van der Waals surface area contributed by atoms with E-state index in [4.69, 9.17) is 0 Å². The Labute approximate surface area is 89.3 Å². The largest absolute Gasteiger partial charge is 0.304 e. The molecule has 0 spiro atoms. The molecule has 0 aromatic carbocycles. The summed E-state index contributed by atoms with van der Waals surface area (Å²) in [6.07, 6.45) is 0. The lowest BCUT2D eigenvalue weighted by Crippen LogP contribution is -2.54. The summed E-state index contributed by atoms with van der Waals surface area (Å²) in [5.41, 5.74) is 0. The van der Waals surface area contributed by atoms with Gasteiger partial charge >= 0.3 is 0 Å². The molecule has 1 atom stereocenters. The molecule has 0 radical (unpaired) electrons. The Hall–Kier alpha value is -0.0800. The third kappa shape index (κ3) is 3.25. The molecule has 0 amide bonds. The summed E-state index contributed by atoms with van der Waals surface area (Å²) in [5, 5.41) is 0. The maximum atomic E-state index is 2.68. The first-order valence-corrected chi connectivity index (χ1v) is 5.93. The van der Waals surface area contributed by atoms with Crippen molar-refractivity contribution in [2.45, 2.75) is 33.7 Å². The van der Waals surface area contributed by atoms with E-state index in [1.165, 1.54) is 26.2 Å². The lowest BCUT2D eigenvalue weighted by Gasteiger charge is -2.43. The molecule has 1 saturated heterocycles. The van der Waals surface area contributed by atoms with Crippen LogP contribution in [0.3, 0.4) is 0 Å². The lowest BCUT2D eigenvalue weighted by molar-refractivity contribution is 0.0543. The average Bonchev–Trinajstić information content (AvgIpc) is 2.07. The second kappa shape index (κ2) is 5.13. The zero-order valence-electron chi connectivity index (χ0n) is 10.5. The molecule has 1 aliphatic heterocycles. The Morgan fingerprint density at radius 3 is 2.29 bits per heavy atom. The highest BCUT2D eigenvalue weighted by Gasteiger charge is 2.27. The standard InChI is InChI=1S/C12H26N2/c1-10(2)8-14-7-6-13(5)9-12(14)11(3)4/h10-12H,6-9H2,1-5H3/t12-/m0/s1. The van der Waals surface area contributed by atoms with Crippen LogP contribution in [-0.2, 0) is 0 Å². The number of rotatable bonds is 3. The minimum Gasteiger partial charge on any atom is -0.304 e. The molecule has 0 saturated carbocycles. The predicted molar refractivity (Wildman–Crippen MR) is 62.5 cm³/mol. The summed E-state index contributed by atoms with van der Waals surface area (Å²) in [5.74, 6) is 1.57. The molecule has 2 heteroatoms. The number of likely N-dealkylation sites (N-methyl/N-ethyl adjacent to an activating group) is 1. The molecule has 1 aliphatic rings. The van der Waals surface area contributed by atoms with Crippen molar-refractivity contribution in [2.75, 3.05) is 33.2 Å². The van der Waals surface area contributed by atoms with E-state index in [1.807, 2.05) is 0 Å². The molecule has 84 valence electrons. The second-order valence-electron chi connectivity index (χ2n) is 5.46. The molecule has 0 aromatic rings. The first kappa shape index (κ1) is 12.0. The van der Waals surface area contributed by atoms with Crippen molar-refractivity contribution >= 4 is 0 Å². The van der Waals surface area contributed by atoms with Gasteiger partial charge in [0.2, 0.25) is 0 Å². The molecule has 1 heterocycles. The van der Waals surface area contributed by atoms with Crippen molar-refractivity contribution in [3.8, 4) is 0 Å². The molecular weight excluding hydrogens is 172 g/mol. The summed E-state index contributed by atoms with van der Waals surface area (Å²) in [7, 11) is 2.24. The van der Waals surface area contributed by atoms with Gasteiger partial charge in [-0.25, -0.2) is 0 Å². The third-order valence-corrected chi connectivity index (χ3v) is 3.11. The van der Waals surface area contributed by atoms with Crippen molar-refractivity contribution in [3.05, 3.63) is 0 Å². The van der Waals surface area contributed by atoms with E-state index >= 15 is 0 Å². The Bertz CT molecular complexity index is 166. The fourth-order valence-corrected chi connectivity index (χ4v) is 2.32. The van der Waals surface area contributed by atoms with Crippen LogP contribution in [0.5, 0.6) is 0 Å². The van der Waals surface area contributed by atoms with E-state index in [9.17, 15) is 0 Å². The van der Waals surface area contributed by atoms with Gasteiger partial charge in [0.1, 0.15) is 0 Å². The van der Waals surface area contributed by atoms with Gasteiger partial charge in [0.05, 0.1) is 0 Å². The van der Waals surface area contributed by atoms with Crippen LogP contribution in [0.25, 0.3) is 0 Å². The highest BCUT2D eigenvalue weighted by atomic mass is 15.3. The predicted octanol–water partition coefficient (Wildman–Crippen LogP) is 1.91. The summed E-state index contributed by atoms with van der Waals surface area (Å²) >= 11 is 0. The molecule has 1 fully saturated rings. The monoisotopic (exact) mass is 198 g/mol. The maximum Gasteiger partial charge on any atom is 0.0246 e. The van der Waals surface area contributed by atoms with Crippen molar-refractivity contribution < 1.29 is 0 Å². The van der Waals surface area contributed by atoms with E-state index in [0.29, 0.717) is 0 Å². The zero-order chi connectivity index (χ0) is 10.7. The fourth-order valence-electron chi connectivity index (χ4n) is 2.32. The maximum absolute atomic E-state index is 2.68. The summed E-state index contributed by atoms with van der Waals surface area (Å²) in [6.45, 7) is 14.3. The Morgan fingerprint density at radius 1 is 1.14 bits per heavy atom. The number of piperazine rings is 1. The molecule has 14 heavy (non-hydrogen) atoms. The molecular formula is C12H26N2. The van der Waals surface area contributed by atoms with Crippen LogP contribution >= 0.6 is 0 Å². The summed E-state index contributed by atoms with van der Waals surface area (Å²) in [6, 6.07) is 0.760. The summed E-state index contributed by atoms with van der Waals surface area (Å²) in [4.78, 5) is 5.14. The molecule has 0 aromatic heterocycles. The normalized spacial score (nSPS) is 26.4. The van der Waals surface area contributed by atoms with Gasteiger partial charge in [0, 0.05) is 32.2 Å². The van der Waals surface area contributed by atoms with E-state index in [-0.39, 0.29) is 0 Å². The molecule has 2 nitrogen and oxygen atoms in total. The SMILES string of the molecule is CC(C)CN1CCN(C)C[C@H]1C(C)C.